The van der Waals surface area contributed by atoms with E-state index in [4.69, 9.17) is 4.74 Å². The molecule has 2 fully saturated rings. The van der Waals surface area contributed by atoms with Crippen molar-refractivity contribution in [1.82, 2.24) is 0 Å². The lowest BCUT2D eigenvalue weighted by Gasteiger charge is -2.26. The van der Waals surface area contributed by atoms with Gasteiger partial charge >= 0.3 is 0 Å². The first-order valence-electron chi connectivity index (χ1n) is 5.70. The van der Waals surface area contributed by atoms with E-state index in [2.05, 4.69) is 0 Å². The maximum atomic E-state index is 10.0. The van der Waals surface area contributed by atoms with Crippen molar-refractivity contribution >= 4 is 11.8 Å². The molecule has 0 aromatic carbocycles. The van der Waals surface area contributed by atoms with Crippen LogP contribution in [-0.2, 0) is 4.74 Å². The van der Waals surface area contributed by atoms with Gasteiger partial charge in [-0.15, -0.1) is 0 Å². The van der Waals surface area contributed by atoms with Gasteiger partial charge in [-0.3, -0.25) is 0 Å². The molecule has 2 aliphatic heterocycles. The summed E-state index contributed by atoms with van der Waals surface area (Å²) in [4.78, 5) is 0. The lowest BCUT2D eigenvalue weighted by molar-refractivity contribution is 0.0313. The second-order valence-corrected chi connectivity index (χ2v) is 5.63. The molecule has 2 heterocycles. The molecule has 2 atom stereocenters. The van der Waals surface area contributed by atoms with Crippen molar-refractivity contribution in [3.8, 4) is 0 Å². The molecular weight excluding hydrogens is 196 g/mol. The number of hydrogen-bond acceptors (Lipinski definition) is 3. The fraction of sp³-hybridized carbons (Fsp3) is 1.00. The van der Waals surface area contributed by atoms with Crippen LogP contribution in [0, 0.1) is 11.8 Å². The van der Waals surface area contributed by atoms with Crippen molar-refractivity contribution < 1.29 is 9.84 Å². The molecule has 2 aliphatic rings. The molecule has 0 aromatic rings. The summed E-state index contributed by atoms with van der Waals surface area (Å²) < 4.78 is 5.32. The average molecular weight is 216 g/mol. The average Bonchev–Trinajstić information content (AvgIpc) is 2.72. The molecule has 0 spiro atoms. The Labute approximate surface area is 90.4 Å². The third kappa shape index (κ3) is 2.88. The third-order valence-electron chi connectivity index (χ3n) is 3.42. The van der Waals surface area contributed by atoms with Crippen LogP contribution in [0.15, 0.2) is 0 Å². The van der Waals surface area contributed by atoms with E-state index in [9.17, 15) is 5.11 Å². The van der Waals surface area contributed by atoms with E-state index in [1.165, 1.54) is 17.9 Å². The third-order valence-corrected chi connectivity index (χ3v) is 4.61. The van der Waals surface area contributed by atoms with Gasteiger partial charge in [0.15, 0.2) is 0 Å². The second-order valence-electron chi connectivity index (χ2n) is 4.48. The molecule has 2 saturated heterocycles. The van der Waals surface area contributed by atoms with E-state index in [1.54, 1.807) is 0 Å². The summed E-state index contributed by atoms with van der Waals surface area (Å²) in [5.74, 6) is 3.70. The monoisotopic (exact) mass is 216 g/mol. The number of aliphatic hydroxyl groups is 1. The topological polar surface area (TPSA) is 29.5 Å². The van der Waals surface area contributed by atoms with Gasteiger partial charge in [0.25, 0.3) is 0 Å². The zero-order chi connectivity index (χ0) is 9.80. The zero-order valence-corrected chi connectivity index (χ0v) is 9.47. The number of thioether (sulfide) groups is 1. The van der Waals surface area contributed by atoms with E-state index >= 15 is 0 Å². The molecule has 2 rings (SSSR count). The number of aliphatic hydroxyl groups excluding tert-OH is 1. The lowest BCUT2D eigenvalue weighted by atomic mass is 9.88. The summed E-state index contributed by atoms with van der Waals surface area (Å²) in [6.45, 7) is 1.80. The summed E-state index contributed by atoms with van der Waals surface area (Å²) in [6.07, 6.45) is 4.48. The largest absolute Gasteiger partial charge is 0.393 e. The predicted octanol–water partition coefficient (Wildman–Crippen LogP) is 1.92. The van der Waals surface area contributed by atoms with Crippen molar-refractivity contribution in [2.75, 3.05) is 24.7 Å². The Bertz CT molecular complexity index is 163. The summed E-state index contributed by atoms with van der Waals surface area (Å²) in [7, 11) is 0. The van der Waals surface area contributed by atoms with Crippen LogP contribution in [-0.4, -0.2) is 35.9 Å². The normalized spacial score (nSPS) is 31.9. The molecule has 2 nitrogen and oxygen atoms in total. The maximum absolute atomic E-state index is 10.0. The molecule has 1 N–H and O–H groups in total. The Hall–Kier alpha value is 0.270. The minimum atomic E-state index is -0.0481. The molecule has 0 aromatic heterocycles. The highest BCUT2D eigenvalue weighted by Gasteiger charge is 2.26. The maximum Gasteiger partial charge on any atom is 0.0579 e. The Morgan fingerprint density at radius 2 is 2.07 bits per heavy atom. The Balaban J connectivity index is 1.72. The molecule has 0 radical (unpaired) electrons. The molecule has 0 aliphatic carbocycles. The fourth-order valence-electron chi connectivity index (χ4n) is 2.37. The molecule has 2 unspecified atom stereocenters. The standard InChI is InChI=1S/C11H20O2S/c12-11(10-3-6-14-8-10)7-9-1-4-13-5-2-9/h9-12H,1-8H2. The van der Waals surface area contributed by atoms with Crippen LogP contribution in [0.5, 0.6) is 0 Å². The van der Waals surface area contributed by atoms with Gasteiger partial charge in [0.05, 0.1) is 6.10 Å². The Morgan fingerprint density at radius 3 is 2.71 bits per heavy atom. The van der Waals surface area contributed by atoms with E-state index in [0.29, 0.717) is 11.8 Å². The first kappa shape index (κ1) is 10.8. The number of hydrogen-bond donors (Lipinski definition) is 1. The molecule has 3 heteroatoms. The van der Waals surface area contributed by atoms with E-state index in [-0.39, 0.29) is 6.10 Å². The molecule has 14 heavy (non-hydrogen) atoms. The van der Waals surface area contributed by atoms with Crippen LogP contribution >= 0.6 is 11.8 Å². The van der Waals surface area contributed by atoms with Crippen LogP contribution < -0.4 is 0 Å². The van der Waals surface area contributed by atoms with Gasteiger partial charge in [-0.05, 0) is 49.0 Å². The molecule has 0 saturated carbocycles. The van der Waals surface area contributed by atoms with Crippen LogP contribution in [0.4, 0.5) is 0 Å². The van der Waals surface area contributed by atoms with Crippen molar-refractivity contribution in [3.63, 3.8) is 0 Å². The highest BCUT2D eigenvalue weighted by Crippen LogP contribution is 2.30. The highest BCUT2D eigenvalue weighted by molar-refractivity contribution is 7.99. The van der Waals surface area contributed by atoms with Gasteiger partial charge in [0.1, 0.15) is 0 Å². The molecule has 82 valence electrons. The first-order chi connectivity index (χ1) is 6.86. The molecular formula is C11H20O2S. The second kappa shape index (κ2) is 5.38. The van der Waals surface area contributed by atoms with Crippen LogP contribution in [0.1, 0.15) is 25.7 Å². The van der Waals surface area contributed by atoms with Crippen LogP contribution in [0.3, 0.4) is 0 Å². The van der Waals surface area contributed by atoms with Gasteiger partial charge < -0.3 is 9.84 Å². The van der Waals surface area contributed by atoms with Gasteiger partial charge in [-0.25, -0.2) is 0 Å². The van der Waals surface area contributed by atoms with Crippen LogP contribution in [0.2, 0.25) is 0 Å². The summed E-state index contributed by atoms with van der Waals surface area (Å²) >= 11 is 1.99. The quantitative estimate of drug-likeness (QED) is 0.781. The van der Waals surface area contributed by atoms with Gasteiger partial charge in [0, 0.05) is 13.2 Å². The highest BCUT2D eigenvalue weighted by atomic mass is 32.2. The number of ether oxygens (including phenoxy) is 1. The van der Waals surface area contributed by atoms with Crippen molar-refractivity contribution in [2.45, 2.75) is 31.8 Å². The fourth-order valence-corrected chi connectivity index (χ4v) is 3.70. The van der Waals surface area contributed by atoms with Gasteiger partial charge in [-0.1, -0.05) is 0 Å². The Kier molecular flexibility index (Phi) is 4.14. The lowest BCUT2D eigenvalue weighted by Crippen LogP contribution is -2.26. The summed E-state index contributed by atoms with van der Waals surface area (Å²) in [6, 6.07) is 0. The van der Waals surface area contributed by atoms with Crippen molar-refractivity contribution in [3.05, 3.63) is 0 Å². The Morgan fingerprint density at radius 1 is 1.29 bits per heavy atom. The predicted molar refractivity (Wildman–Crippen MR) is 59.6 cm³/mol. The first-order valence-corrected chi connectivity index (χ1v) is 6.85. The van der Waals surface area contributed by atoms with E-state index in [0.717, 1.165) is 32.5 Å². The van der Waals surface area contributed by atoms with Crippen molar-refractivity contribution in [2.24, 2.45) is 11.8 Å². The number of rotatable bonds is 3. The van der Waals surface area contributed by atoms with E-state index < -0.39 is 0 Å². The SMILES string of the molecule is OC(CC1CCOCC1)C1CCSC1. The van der Waals surface area contributed by atoms with E-state index in [1.807, 2.05) is 11.8 Å². The van der Waals surface area contributed by atoms with Gasteiger partial charge in [-0.2, -0.15) is 11.8 Å². The van der Waals surface area contributed by atoms with Crippen LogP contribution in [0.25, 0.3) is 0 Å². The zero-order valence-electron chi connectivity index (χ0n) is 8.65. The minimum absolute atomic E-state index is 0.0481. The molecule has 0 amide bonds. The van der Waals surface area contributed by atoms with Crippen molar-refractivity contribution in [1.29, 1.82) is 0 Å². The summed E-state index contributed by atoms with van der Waals surface area (Å²) in [5, 5.41) is 10.0. The van der Waals surface area contributed by atoms with Gasteiger partial charge in [0.2, 0.25) is 0 Å². The minimum Gasteiger partial charge on any atom is -0.393 e. The summed E-state index contributed by atoms with van der Waals surface area (Å²) in [5.41, 5.74) is 0. The smallest absolute Gasteiger partial charge is 0.0579 e. The molecule has 0 bridgehead atoms.